The zero-order valence-corrected chi connectivity index (χ0v) is 15.1. The molecule has 0 radical (unpaired) electrons. The highest BCUT2D eigenvalue weighted by Crippen LogP contribution is 2.51. The molecule has 2 aliphatic carbocycles. The minimum Gasteiger partial charge on any atom is -0.388 e. The molecule has 0 amide bonds. The van der Waals surface area contributed by atoms with Crippen LogP contribution in [0, 0.1) is 11.3 Å². The summed E-state index contributed by atoms with van der Waals surface area (Å²) < 4.78 is 5.79. The summed E-state index contributed by atoms with van der Waals surface area (Å²) in [6, 6.07) is 0. The third kappa shape index (κ3) is 2.72. The number of epoxide rings is 1. The lowest BCUT2D eigenvalue weighted by molar-refractivity contribution is -0.118. The SMILES string of the molecule is CC1=C2C(=O)[C@H]3O[C@]3(C)CC/C=C(/C)CC[C@@]1(C)[C@H](C)C[C@@H]2O. The van der Waals surface area contributed by atoms with E-state index in [2.05, 4.69) is 33.8 Å². The molecule has 0 unspecified atom stereocenters. The van der Waals surface area contributed by atoms with Gasteiger partial charge in [0, 0.05) is 5.57 Å². The number of rotatable bonds is 0. The molecule has 1 aliphatic heterocycles. The fourth-order valence-electron chi connectivity index (χ4n) is 4.48. The van der Waals surface area contributed by atoms with E-state index in [1.807, 2.05) is 6.92 Å². The fourth-order valence-corrected chi connectivity index (χ4v) is 4.48. The number of allylic oxidation sites excluding steroid dienone is 3. The van der Waals surface area contributed by atoms with Crippen LogP contribution in [0.3, 0.4) is 0 Å². The van der Waals surface area contributed by atoms with Gasteiger partial charge in [-0.1, -0.05) is 31.1 Å². The van der Waals surface area contributed by atoms with Crippen molar-refractivity contribution in [3.05, 3.63) is 22.8 Å². The molecule has 3 rings (SSSR count). The maximum Gasteiger partial charge on any atom is 0.193 e. The van der Waals surface area contributed by atoms with Crippen LogP contribution in [0.1, 0.15) is 66.7 Å². The van der Waals surface area contributed by atoms with Crippen LogP contribution in [0.15, 0.2) is 22.8 Å². The maximum atomic E-state index is 13.0. The summed E-state index contributed by atoms with van der Waals surface area (Å²) in [7, 11) is 0. The van der Waals surface area contributed by atoms with Gasteiger partial charge in [0.25, 0.3) is 0 Å². The van der Waals surface area contributed by atoms with Crippen molar-refractivity contribution in [2.75, 3.05) is 0 Å². The van der Waals surface area contributed by atoms with Gasteiger partial charge in [0.05, 0.1) is 6.10 Å². The van der Waals surface area contributed by atoms with E-state index >= 15 is 0 Å². The Morgan fingerprint density at radius 1 is 1.26 bits per heavy atom. The Bertz CT molecular complexity index is 588. The van der Waals surface area contributed by atoms with Gasteiger partial charge in [0.1, 0.15) is 11.7 Å². The monoisotopic (exact) mass is 318 g/mol. The molecule has 2 bridgehead atoms. The molecule has 0 spiro atoms. The van der Waals surface area contributed by atoms with Crippen molar-refractivity contribution in [3.63, 3.8) is 0 Å². The van der Waals surface area contributed by atoms with Crippen LogP contribution in [-0.4, -0.2) is 28.7 Å². The first-order valence-corrected chi connectivity index (χ1v) is 8.96. The smallest absolute Gasteiger partial charge is 0.193 e. The molecule has 1 heterocycles. The van der Waals surface area contributed by atoms with Gasteiger partial charge in [-0.15, -0.1) is 0 Å². The molecular formula is C20H30O3. The number of fused-ring (bicyclic) bond motifs is 2. The number of carbonyl (C=O) groups is 1. The second-order valence-corrected chi connectivity index (χ2v) is 8.37. The largest absolute Gasteiger partial charge is 0.388 e. The van der Waals surface area contributed by atoms with Crippen LogP contribution < -0.4 is 0 Å². The van der Waals surface area contributed by atoms with Crippen molar-refractivity contribution in [2.24, 2.45) is 11.3 Å². The molecule has 3 heteroatoms. The Labute approximate surface area is 139 Å². The summed E-state index contributed by atoms with van der Waals surface area (Å²) in [6.45, 7) is 10.7. The zero-order valence-electron chi connectivity index (χ0n) is 15.1. The second kappa shape index (κ2) is 5.56. The van der Waals surface area contributed by atoms with Gasteiger partial charge in [-0.2, -0.15) is 0 Å². The average Bonchev–Trinajstić information content (AvgIpc) is 3.14. The van der Waals surface area contributed by atoms with E-state index in [9.17, 15) is 9.90 Å². The highest BCUT2D eigenvalue weighted by molar-refractivity contribution is 6.03. The van der Waals surface area contributed by atoms with E-state index in [0.717, 1.165) is 31.3 Å². The summed E-state index contributed by atoms with van der Waals surface area (Å²) in [4.78, 5) is 13.0. The molecule has 23 heavy (non-hydrogen) atoms. The van der Waals surface area contributed by atoms with Crippen LogP contribution in [0.4, 0.5) is 0 Å². The highest BCUT2D eigenvalue weighted by atomic mass is 16.6. The topological polar surface area (TPSA) is 49.8 Å². The quantitative estimate of drug-likeness (QED) is 0.543. The van der Waals surface area contributed by atoms with Crippen molar-refractivity contribution in [1.29, 1.82) is 0 Å². The lowest BCUT2D eigenvalue weighted by Crippen LogP contribution is -2.40. The van der Waals surface area contributed by atoms with Crippen molar-refractivity contribution >= 4 is 5.78 Å². The van der Waals surface area contributed by atoms with Gasteiger partial charge in [-0.25, -0.2) is 0 Å². The molecular weight excluding hydrogens is 288 g/mol. The minimum absolute atomic E-state index is 0.0240. The maximum absolute atomic E-state index is 13.0. The predicted octanol–water partition coefficient (Wildman–Crippen LogP) is 3.96. The molecule has 1 fully saturated rings. The van der Waals surface area contributed by atoms with Crippen molar-refractivity contribution in [1.82, 2.24) is 0 Å². The number of hydrogen-bond acceptors (Lipinski definition) is 3. The first kappa shape index (κ1) is 16.9. The standard InChI is InChI=1S/C20H30O3/c1-12-7-6-9-20(5)18(23-20)17(22)16-14(3)19(4,10-8-12)13(2)11-15(16)21/h7,13,15,18,21H,6,8-11H2,1-5H3/b12-7-/t13-,15+,18-,19+,20-/m1/s1. The summed E-state index contributed by atoms with van der Waals surface area (Å²) in [5.74, 6) is 0.396. The Morgan fingerprint density at radius 3 is 2.65 bits per heavy atom. The number of aliphatic hydroxyl groups is 1. The third-order valence-corrected chi connectivity index (χ3v) is 6.82. The van der Waals surface area contributed by atoms with Crippen molar-refractivity contribution in [3.8, 4) is 0 Å². The number of ether oxygens (including phenoxy) is 1. The van der Waals surface area contributed by atoms with Gasteiger partial charge < -0.3 is 9.84 Å². The van der Waals surface area contributed by atoms with E-state index in [1.165, 1.54) is 5.57 Å². The Hall–Kier alpha value is -0.930. The average molecular weight is 318 g/mol. The van der Waals surface area contributed by atoms with E-state index in [1.54, 1.807) is 0 Å². The third-order valence-electron chi connectivity index (χ3n) is 6.82. The second-order valence-electron chi connectivity index (χ2n) is 8.37. The molecule has 0 saturated carbocycles. The van der Waals surface area contributed by atoms with E-state index in [0.29, 0.717) is 17.9 Å². The molecule has 5 atom stereocenters. The Balaban J connectivity index is 2.05. The molecule has 128 valence electrons. The van der Waals surface area contributed by atoms with Crippen LogP contribution in [0.25, 0.3) is 0 Å². The van der Waals surface area contributed by atoms with Crippen LogP contribution in [0.5, 0.6) is 0 Å². The zero-order chi connectivity index (χ0) is 17.0. The summed E-state index contributed by atoms with van der Waals surface area (Å²) in [6.07, 6.45) is 5.88. The number of hydrogen-bond donors (Lipinski definition) is 1. The van der Waals surface area contributed by atoms with Gasteiger partial charge in [-0.3, -0.25) is 4.79 Å². The number of aliphatic hydroxyl groups excluding tert-OH is 1. The normalized spacial score (nSPS) is 47.1. The predicted molar refractivity (Wildman–Crippen MR) is 91.1 cm³/mol. The lowest BCUT2D eigenvalue weighted by atomic mass is 9.61. The Morgan fingerprint density at radius 2 is 1.96 bits per heavy atom. The summed E-state index contributed by atoms with van der Waals surface area (Å²) in [5.41, 5.74) is 2.77. The molecule has 1 saturated heterocycles. The summed E-state index contributed by atoms with van der Waals surface area (Å²) >= 11 is 0. The molecule has 0 aromatic carbocycles. The Kier molecular flexibility index (Phi) is 4.09. The molecule has 3 aliphatic rings. The van der Waals surface area contributed by atoms with Crippen LogP contribution in [0.2, 0.25) is 0 Å². The van der Waals surface area contributed by atoms with Crippen LogP contribution in [-0.2, 0) is 9.53 Å². The number of carbonyl (C=O) groups excluding carboxylic acids is 1. The van der Waals surface area contributed by atoms with Crippen molar-refractivity contribution < 1.29 is 14.6 Å². The van der Waals surface area contributed by atoms with Gasteiger partial charge in [0.2, 0.25) is 0 Å². The fraction of sp³-hybridized carbons (Fsp3) is 0.750. The van der Waals surface area contributed by atoms with Crippen molar-refractivity contribution in [2.45, 2.75) is 84.5 Å². The van der Waals surface area contributed by atoms with E-state index in [4.69, 9.17) is 4.74 Å². The number of Topliss-reactive ketones (excluding diaryl/α,β-unsaturated/α-hetero) is 1. The van der Waals surface area contributed by atoms with Gasteiger partial charge in [-0.05, 0) is 64.2 Å². The highest BCUT2D eigenvalue weighted by Gasteiger charge is 2.58. The lowest BCUT2D eigenvalue weighted by Gasteiger charge is -2.44. The summed E-state index contributed by atoms with van der Waals surface area (Å²) in [5, 5.41) is 10.6. The van der Waals surface area contributed by atoms with Crippen LogP contribution >= 0.6 is 0 Å². The minimum atomic E-state index is -0.640. The van der Waals surface area contributed by atoms with E-state index in [-0.39, 0.29) is 22.9 Å². The first-order valence-electron chi connectivity index (χ1n) is 8.96. The van der Waals surface area contributed by atoms with Gasteiger partial charge >= 0.3 is 0 Å². The molecule has 1 N–H and O–H groups in total. The first-order chi connectivity index (χ1) is 10.7. The molecule has 0 aromatic heterocycles. The molecule has 3 nitrogen and oxygen atoms in total. The number of ketones is 1. The molecule has 0 aromatic rings. The van der Waals surface area contributed by atoms with Gasteiger partial charge in [0.15, 0.2) is 5.78 Å². The van der Waals surface area contributed by atoms with E-state index < -0.39 is 6.10 Å².